The summed E-state index contributed by atoms with van der Waals surface area (Å²) in [4.78, 5) is 14.4. The quantitative estimate of drug-likeness (QED) is 0.816. The number of nitrogens with zero attached hydrogens (tertiary/aromatic N) is 2. The highest BCUT2D eigenvalue weighted by Crippen LogP contribution is 2.14. The van der Waals surface area contributed by atoms with Gasteiger partial charge in [0.2, 0.25) is 15.9 Å². The summed E-state index contributed by atoms with van der Waals surface area (Å²) in [5.74, 6) is 0.261. The van der Waals surface area contributed by atoms with Crippen molar-refractivity contribution in [1.82, 2.24) is 9.21 Å². The molecular weight excluding hydrogens is 324 g/mol. The summed E-state index contributed by atoms with van der Waals surface area (Å²) in [6, 6.07) is 6.10. The lowest BCUT2D eigenvalue weighted by molar-refractivity contribution is -0.130. The van der Waals surface area contributed by atoms with Crippen LogP contribution in [0, 0.1) is 13.8 Å². The minimum absolute atomic E-state index is 0.0768. The van der Waals surface area contributed by atoms with Crippen molar-refractivity contribution in [3.05, 3.63) is 34.9 Å². The van der Waals surface area contributed by atoms with Crippen molar-refractivity contribution in [2.45, 2.75) is 40.0 Å². The highest BCUT2D eigenvalue weighted by atomic mass is 32.2. The van der Waals surface area contributed by atoms with Gasteiger partial charge in [0, 0.05) is 26.2 Å². The van der Waals surface area contributed by atoms with Crippen molar-refractivity contribution in [3.8, 4) is 0 Å². The van der Waals surface area contributed by atoms with Crippen LogP contribution in [0.4, 0.5) is 0 Å². The summed E-state index contributed by atoms with van der Waals surface area (Å²) < 4.78 is 25.9. The van der Waals surface area contributed by atoms with Gasteiger partial charge in [-0.3, -0.25) is 4.79 Å². The molecule has 0 saturated carbocycles. The summed E-state index contributed by atoms with van der Waals surface area (Å²) in [5.41, 5.74) is 3.42. The zero-order chi connectivity index (χ0) is 17.7. The molecule has 1 aliphatic heterocycles. The van der Waals surface area contributed by atoms with Crippen molar-refractivity contribution in [1.29, 1.82) is 0 Å². The topological polar surface area (TPSA) is 57.7 Å². The molecular formula is C18H28N2O3S. The van der Waals surface area contributed by atoms with Crippen molar-refractivity contribution < 1.29 is 13.2 Å². The smallest absolute Gasteiger partial charge is 0.227 e. The van der Waals surface area contributed by atoms with E-state index in [1.165, 1.54) is 11.1 Å². The number of rotatable bonds is 5. The number of hydrogen-bond acceptors (Lipinski definition) is 3. The Morgan fingerprint density at radius 3 is 2.50 bits per heavy atom. The van der Waals surface area contributed by atoms with Gasteiger partial charge in [0.1, 0.15) is 0 Å². The number of amides is 1. The molecule has 0 bridgehead atoms. The van der Waals surface area contributed by atoms with E-state index in [9.17, 15) is 13.2 Å². The number of carbonyl (C=O) groups is 1. The number of hydrogen-bond donors (Lipinski definition) is 0. The number of carbonyl (C=O) groups excluding carboxylic acids is 1. The van der Waals surface area contributed by atoms with E-state index in [4.69, 9.17) is 0 Å². The van der Waals surface area contributed by atoms with Crippen LogP contribution < -0.4 is 0 Å². The van der Waals surface area contributed by atoms with Crippen LogP contribution in [0.2, 0.25) is 0 Å². The van der Waals surface area contributed by atoms with Crippen LogP contribution >= 0.6 is 0 Å². The molecule has 1 saturated heterocycles. The number of sulfonamides is 1. The Hall–Kier alpha value is -1.40. The Balaban J connectivity index is 1.98. The zero-order valence-electron chi connectivity index (χ0n) is 14.9. The van der Waals surface area contributed by atoms with E-state index >= 15 is 0 Å². The van der Waals surface area contributed by atoms with Gasteiger partial charge < -0.3 is 4.90 Å². The average Bonchev–Trinajstić information content (AvgIpc) is 2.77. The van der Waals surface area contributed by atoms with Crippen molar-refractivity contribution in [2.75, 3.05) is 31.9 Å². The van der Waals surface area contributed by atoms with Crippen molar-refractivity contribution in [2.24, 2.45) is 0 Å². The van der Waals surface area contributed by atoms with Crippen molar-refractivity contribution >= 4 is 15.9 Å². The van der Waals surface area contributed by atoms with Crippen LogP contribution in [-0.4, -0.2) is 55.5 Å². The molecule has 1 aromatic carbocycles. The second kappa shape index (κ2) is 8.12. The van der Waals surface area contributed by atoms with Crippen LogP contribution in [0.1, 0.15) is 36.5 Å². The molecule has 2 rings (SSSR count). The van der Waals surface area contributed by atoms with E-state index in [1.807, 2.05) is 26.0 Å². The molecule has 1 aliphatic rings. The lowest BCUT2D eigenvalue weighted by atomic mass is 10.0. The molecule has 1 heterocycles. The largest absolute Gasteiger partial charge is 0.341 e. The highest BCUT2D eigenvalue weighted by Gasteiger charge is 2.26. The molecule has 0 spiro atoms. The predicted molar refractivity (Wildman–Crippen MR) is 96.5 cm³/mol. The lowest BCUT2D eigenvalue weighted by Crippen LogP contribution is -2.38. The van der Waals surface area contributed by atoms with Crippen LogP contribution in [-0.2, 0) is 21.2 Å². The summed E-state index contributed by atoms with van der Waals surface area (Å²) in [7, 11) is -3.18. The van der Waals surface area contributed by atoms with Gasteiger partial charge in [-0.1, -0.05) is 25.1 Å². The average molecular weight is 353 g/mol. The normalized spacial score (nSPS) is 16.9. The summed E-state index contributed by atoms with van der Waals surface area (Å²) in [6.45, 7) is 7.99. The Labute approximate surface area is 145 Å². The second-order valence-electron chi connectivity index (χ2n) is 6.54. The van der Waals surface area contributed by atoms with Crippen LogP contribution in [0.3, 0.4) is 0 Å². The highest BCUT2D eigenvalue weighted by molar-refractivity contribution is 7.89. The van der Waals surface area contributed by atoms with Crippen molar-refractivity contribution in [3.63, 3.8) is 0 Å². The minimum Gasteiger partial charge on any atom is -0.341 e. The maximum Gasteiger partial charge on any atom is 0.227 e. The third-order valence-electron chi connectivity index (χ3n) is 4.59. The molecule has 1 fully saturated rings. The van der Waals surface area contributed by atoms with E-state index in [0.717, 1.165) is 5.56 Å². The van der Waals surface area contributed by atoms with Gasteiger partial charge in [-0.25, -0.2) is 12.7 Å². The van der Waals surface area contributed by atoms with E-state index < -0.39 is 10.0 Å². The molecule has 134 valence electrons. The fraction of sp³-hybridized carbons (Fsp3) is 0.611. The minimum atomic E-state index is -3.18. The third-order valence-corrected chi connectivity index (χ3v) is 6.67. The molecule has 0 radical (unpaired) electrons. The fourth-order valence-electron chi connectivity index (χ4n) is 3.01. The Kier molecular flexibility index (Phi) is 6.40. The van der Waals surface area contributed by atoms with Gasteiger partial charge in [0.05, 0.1) is 12.2 Å². The first-order valence-corrected chi connectivity index (χ1v) is 10.3. The molecule has 0 N–H and O–H groups in total. The van der Waals surface area contributed by atoms with Gasteiger partial charge >= 0.3 is 0 Å². The van der Waals surface area contributed by atoms with Gasteiger partial charge in [-0.2, -0.15) is 0 Å². The first-order chi connectivity index (χ1) is 11.3. The number of benzene rings is 1. The summed E-state index contributed by atoms with van der Waals surface area (Å²) >= 11 is 0. The van der Waals surface area contributed by atoms with Gasteiger partial charge in [-0.15, -0.1) is 0 Å². The van der Waals surface area contributed by atoms with Gasteiger partial charge in [0.25, 0.3) is 0 Å². The van der Waals surface area contributed by atoms with E-state index in [0.29, 0.717) is 45.4 Å². The molecule has 1 amide bonds. The van der Waals surface area contributed by atoms with E-state index in [1.54, 1.807) is 9.21 Å². The number of aryl methyl sites for hydroxylation is 2. The van der Waals surface area contributed by atoms with Crippen LogP contribution in [0.25, 0.3) is 0 Å². The molecule has 0 atom stereocenters. The van der Waals surface area contributed by atoms with Crippen LogP contribution in [0.15, 0.2) is 18.2 Å². The second-order valence-corrected chi connectivity index (χ2v) is 8.63. The molecule has 0 unspecified atom stereocenters. The first-order valence-electron chi connectivity index (χ1n) is 8.65. The Morgan fingerprint density at radius 2 is 1.83 bits per heavy atom. The van der Waals surface area contributed by atoms with Crippen LogP contribution in [0.5, 0.6) is 0 Å². The summed E-state index contributed by atoms with van der Waals surface area (Å²) in [6.07, 6.45) is 1.69. The molecule has 0 aromatic heterocycles. The fourth-order valence-corrected chi connectivity index (χ4v) is 4.55. The Bertz CT molecular complexity index is 686. The summed E-state index contributed by atoms with van der Waals surface area (Å²) in [5, 5.41) is 0. The zero-order valence-corrected chi connectivity index (χ0v) is 15.7. The first kappa shape index (κ1) is 18.9. The molecule has 6 heteroatoms. The van der Waals surface area contributed by atoms with E-state index in [-0.39, 0.29) is 11.7 Å². The van der Waals surface area contributed by atoms with Gasteiger partial charge in [0.15, 0.2) is 0 Å². The Morgan fingerprint density at radius 1 is 1.08 bits per heavy atom. The predicted octanol–water partition coefficient (Wildman–Crippen LogP) is 2.12. The maximum absolute atomic E-state index is 12.6. The SMILES string of the molecule is CCCS(=O)(=O)N1CCCN(C(=O)Cc2ccc(C)c(C)c2)CC1. The van der Waals surface area contributed by atoms with E-state index in [2.05, 4.69) is 13.0 Å². The molecule has 5 nitrogen and oxygen atoms in total. The molecule has 1 aromatic rings. The third kappa shape index (κ3) is 4.80. The molecule has 0 aliphatic carbocycles. The lowest BCUT2D eigenvalue weighted by Gasteiger charge is -2.22. The standard InChI is InChI=1S/C18H28N2O3S/c1-4-12-24(22,23)20-9-5-8-19(10-11-20)18(21)14-17-7-6-15(2)16(3)13-17/h6-7,13H,4-5,8-12,14H2,1-3H3. The van der Waals surface area contributed by atoms with Gasteiger partial charge in [-0.05, 0) is 43.4 Å². The maximum atomic E-state index is 12.6. The molecule has 24 heavy (non-hydrogen) atoms. The monoisotopic (exact) mass is 352 g/mol.